The molecule has 7 nitrogen and oxygen atoms in total. The molecule has 0 aromatic carbocycles. The highest BCUT2D eigenvalue weighted by Crippen LogP contribution is 2.20. The van der Waals surface area contributed by atoms with Crippen LogP contribution in [0.2, 0.25) is 0 Å². The summed E-state index contributed by atoms with van der Waals surface area (Å²) in [5, 5.41) is 2.92. The second kappa shape index (κ2) is 7.82. The van der Waals surface area contributed by atoms with Gasteiger partial charge in [-0.3, -0.25) is 9.59 Å². The Kier molecular flexibility index (Phi) is 6.25. The van der Waals surface area contributed by atoms with Crippen LogP contribution in [0.5, 0.6) is 0 Å². The SMILES string of the molecule is CC(C)[C@@H](NC(=O)C1CCN(S(C)(=O)=O)CC1)C(=O)N1CCCC1. The minimum Gasteiger partial charge on any atom is -0.344 e. The average molecular weight is 359 g/mol. The molecule has 2 heterocycles. The predicted molar refractivity (Wildman–Crippen MR) is 91.7 cm³/mol. The smallest absolute Gasteiger partial charge is 0.245 e. The van der Waals surface area contributed by atoms with Gasteiger partial charge in [0.1, 0.15) is 6.04 Å². The number of hydrogen-bond acceptors (Lipinski definition) is 4. The first kappa shape index (κ1) is 19.2. The van der Waals surface area contributed by atoms with Gasteiger partial charge in [0.2, 0.25) is 21.8 Å². The first-order chi connectivity index (χ1) is 11.2. The van der Waals surface area contributed by atoms with E-state index < -0.39 is 16.1 Å². The number of piperidine rings is 1. The number of amides is 2. The van der Waals surface area contributed by atoms with Gasteiger partial charge in [-0.05, 0) is 31.6 Å². The molecule has 2 saturated heterocycles. The van der Waals surface area contributed by atoms with E-state index >= 15 is 0 Å². The van der Waals surface area contributed by atoms with Crippen LogP contribution in [-0.2, 0) is 19.6 Å². The third-order valence-corrected chi connectivity index (χ3v) is 6.25. The molecule has 2 rings (SSSR count). The molecule has 1 N–H and O–H groups in total. The summed E-state index contributed by atoms with van der Waals surface area (Å²) in [6, 6.07) is -0.497. The molecule has 8 heteroatoms. The van der Waals surface area contributed by atoms with Gasteiger partial charge in [-0.15, -0.1) is 0 Å². The number of carbonyl (C=O) groups excluding carboxylic acids is 2. The minimum atomic E-state index is -3.20. The van der Waals surface area contributed by atoms with E-state index in [4.69, 9.17) is 0 Å². The molecule has 2 aliphatic rings. The molecule has 0 radical (unpaired) electrons. The van der Waals surface area contributed by atoms with Crippen molar-refractivity contribution in [3.63, 3.8) is 0 Å². The number of nitrogens with one attached hydrogen (secondary N) is 1. The van der Waals surface area contributed by atoms with Crippen LogP contribution in [0, 0.1) is 11.8 Å². The molecule has 0 spiro atoms. The minimum absolute atomic E-state index is 0.00409. The topological polar surface area (TPSA) is 86.8 Å². The first-order valence-corrected chi connectivity index (χ1v) is 10.6. The van der Waals surface area contributed by atoms with Crippen LogP contribution >= 0.6 is 0 Å². The van der Waals surface area contributed by atoms with Gasteiger partial charge in [0.25, 0.3) is 0 Å². The molecule has 2 amide bonds. The lowest BCUT2D eigenvalue weighted by Gasteiger charge is -2.32. The summed E-state index contributed by atoms with van der Waals surface area (Å²) in [6.07, 6.45) is 4.24. The van der Waals surface area contributed by atoms with E-state index in [0.29, 0.717) is 25.9 Å². The summed E-state index contributed by atoms with van der Waals surface area (Å²) in [6.45, 7) is 6.14. The van der Waals surface area contributed by atoms with Gasteiger partial charge in [-0.1, -0.05) is 13.8 Å². The molecule has 0 bridgehead atoms. The Bertz CT molecular complexity index is 562. The van der Waals surface area contributed by atoms with Crippen molar-refractivity contribution < 1.29 is 18.0 Å². The summed E-state index contributed by atoms with van der Waals surface area (Å²) in [5.74, 6) is -0.326. The Labute approximate surface area is 144 Å². The molecule has 0 aliphatic carbocycles. The van der Waals surface area contributed by atoms with Crippen molar-refractivity contribution in [2.45, 2.75) is 45.6 Å². The zero-order valence-electron chi connectivity index (χ0n) is 14.8. The summed E-state index contributed by atoms with van der Waals surface area (Å²) in [4.78, 5) is 27.0. The zero-order chi connectivity index (χ0) is 17.9. The van der Waals surface area contributed by atoms with Crippen LogP contribution in [0.1, 0.15) is 39.5 Å². The summed E-state index contributed by atoms with van der Waals surface area (Å²) in [5.41, 5.74) is 0. The largest absolute Gasteiger partial charge is 0.344 e. The van der Waals surface area contributed by atoms with Gasteiger partial charge < -0.3 is 10.2 Å². The van der Waals surface area contributed by atoms with E-state index in [9.17, 15) is 18.0 Å². The fourth-order valence-corrected chi connectivity index (χ4v) is 4.24. The number of likely N-dealkylation sites (tertiary alicyclic amines) is 1. The van der Waals surface area contributed by atoms with Gasteiger partial charge in [-0.2, -0.15) is 0 Å². The average Bonchev–Trinajstić information content (AvgIpc) is 3.05. The number of carbonyl (C=O) groups is 2. The second-order valence-electron chi connectivity index (χ2n) is 7.20. The van der Waals surface area contributed by atoms with E-state index in [1.807, 2.05) is 18.7 Å². The van der Waals surface area contributed by atoms with Crippen molar-refractivity contribution in [3.05, 3.63) is 0 Å². The number of hydrogen-bond donors (Lipinski definition) is 1. The first-order valence-electron chi connectivity index (χ1n) is 8.74. The van der Waals surface area contributed by atoms with Crippen molar-refractivity contribution >= 4 is 21.8 Å². The molecule has 0 aromatic heterocycles. The number of rotatable bonds is 5. The molecule has 0 saturated carbocycles. The lowest BCUT2D eigenvalue weighted by Crippen LogP contribution is -2.53. The van der Waals surface area contributed by atoms with Crippen LogP contribution in [-0.4, -0.2) is 67.9 Å². The fourth-order valence-electron chi connectivity index (χ4n) is 3.37. The van der Waals surface area contributed by atoms with E-state index in [0.717, 1.165) is 25.9 Å². The maximum absolute atomic E-state index is 12.6. The van der Waals surface area contributed by atoms with Gasteiger partial charge in [0, 0.05) is 32.1 Å². The van der Waals surface area contributed by atoms with E-state index in [1.165, 1.54) is 10.6 Å². The van der Waals surface area contributed by atoms with E-state index in [1.54, 1.807) is 0 Å². The standard InChI is InChI=1S/C16H29N3O4S/c1-12(2)14(16(21)18-8-4-5-9-18)17-15(20)13-6-10-19(11-7-13)24(3,22)23/h12-14H,4-11H2,1-3H3,(H,17,20)/t14-/m1/s1. The number of sulfonamides is 1. The quantitative estimate of drug-likeness (QED) is 0.771. The Morgan fingerprint density at radius 1 is 1.04 bits per heavy atom. The van der Waals surface area contributed by atoms with Gasteiger partial charge in [0.05, 0.1) is 6.26 Å². The Morgan fingerprint density at radius 3 is 2.04 bits per heavy atom. The molecule has 0 unspecified atom stereocenters. The third kappa shape index (κ3) is 4.69. The van der Waals surface area contributed by atoms with Gasteiger partial charge >= 0.3 is 0 Å². The normalized spacial score (nSPS) is 21.9. The van der Waals surface area contributed by atoms with Crippen LogP contribution in [0.25, 0.3) is 0 Å². The zero-order valence-corrected chi connectivity index (χ0v) is 15.6. The molecule has 2 aliphatic heterocycles. The van der Waals surface area contributed by atoms with Gasteiger partial charge in [-0.25, -0.2) is 12.7 Å². The maximum Gasteiger partial charge on any atom is 0.245 e. The molecule has 138 valence electrons. The monoisotopic (exact) mass is 359 g/mol. The summed E-state index contributed by atoms with van der Waals surface area (Å²) >= 11 is 0. The van der Waals surface area contributed by atoms with E-state index in [2.05, 4.69) is 5.32 Å². The Balaban J connectivity index is 1.93. The van der Waals surface area contributed by atoms with Crippen LogP contribution in [0.3, 0.4) is 0 Å². The fraction of sp³-hybridized carbons (Fsp3) is 0.875. The molecular formula is C16H29N3O4S. The lowest BCUT2D eigenvalue weighted by atomic mass is 9.95. The highest BCUT2D eigenvalue weighted by atomic mass is 32.2. The van der Waals surface area contributed by atoms with Gasteiger partial charge in [0.15, 0.2) is 0 Å². The summed E-state index contributed by atoms with van der Waals surface area (Å²) < 4.78 is 24.5. The summed E-state index contributed by atoms with van der Waals surface area (Å²) in [7, 11) is -3.20. The number of nitrogens with zero attached hydrogens (tertiary/aromatic N) is 2. The molecular weight excluding hydrogens is 330 g/mol. The van der Waals surface area contributed by atoms with E-state index in [-0.39, 0.29) is 23.7 Å². The lowest BCUT2D eigenvalue weighted by molar-refractivity contribution is -0.138. The van der Waals surface area contributed by atoms with Crippen molar-refractivity contribution in [1.29, 1.82) is 0 Å². The third-order valence-electron chi connectivity index (χ3n) is 4.94. The van der Waals surface area contributed by atoms with Crippen molar-refractivity contribution in [2.75, 3.05) is 32.4 Å². The molecule has 2 fully saturated rings. The van der Waals surface area contributed by atoms with Crippen LogP contribution in [0.4, 0.5) is 0 Å². The maximum atomic E-state index is 12.6. The highest BCUT2D eigenvalue weighted by molar-refractivity contribution is 7.88. The van der Waals surface area contributed by atoms with Crippen molar-refractivity contribution in [2.24, 2.45) is 11.8 Å². The molecule has 24 heavy (non-hydrogen) atoms. The predicted octanol–water partition coefficient (Wildman–Crippen LogP) is 0.421. The Morgan fingerprint density at radius 2 is 1.58 bits per heavy atom. The van der Waals surface area contributed by atoms with Crippen molar-refractivity contribution in [1.82, 2.24) is 14.5 Å². The van der Waals surface area contributed by atoms with Crippen molar-refractivity contribution in [3.8, 4) is 0 Å². The molecule has 1 atom stereocenters. The Hall–Kier alpha value is -1.15. The molecule has 0 aromatic rings. The van der Waals surface area contributed by atoms with Crippen LogP contribution in [0.15, 0.2) is 0 Å². The second-order valence-corrected chi connectivity index (χ2v) is 9.18. The van der Waals surface area contributed by atoms with Crippen LogP contribution < -0.4 is 5.32 Å². The highest BCUT2D eigenvalue weighted by Gasteiger charge is 2.34.